The number of thioether (sulfide) groups is 1. The number of nitrogens with zero attached hydrogens (tertiary/aromatic N) is 2. The number of halogens is 1. The second-order valence-electron chi connectivity index (χ2n) is 7.14. The number of hydrogen-bond acceptors (Lipinski definition) is 5. The largest absolute Gasteiger partial charge is 0.457 e. The lowest BCUT2D eigenvalue weighted by Crippen LogP contribution is -2.40. The number of amidine groups is 1. The molecular weight excluding hydrogens is 464 g/mol. The Bertz CT molecular complexity index is 1050. The molecule has 2 aliphatic rings. The summed E-state index contributed by atoms with van der Waals surface area (Å²) < 4.78 is 6.51. The molecule has 1 amide bonds. The van der Waals surface area contributed by atoms with Crippen molar-refractivity contribution in [2.45, 2.75) is 38.2 Å². The summed E-state index contributed by atoms with van der Waals surface area (Å²) in [5.74, 6) is -0.478. The first kappa shape index (κ1) is 20.9. The van der Waals surface area contributed by atoms with Crippen LogP contribution >= 0.6 is 27.7 Å². The molecular formula is C23H21BrN2O3S. The standard InChI is InChI=1S/C23H21BrN2O3S/c1-3-18-21(27)26-20(16-10-7-11-17(24)12-16)19(14(2)25-23(26)30-18)22(28)29-13-15-8-5-4-6-9-15/h4-12,18,20H,3,13H2,1-2H3/t18-,20+/m1/s1. The van der Waals surface area contributed by atoms with Gasteiger partial charge >= 0.3 is 5.97 Å². The van der Waals surface area contributed by atoms with Crippen molar-refractivity contribution < 1.29 is 14.3 Å². The molecule has 0 N–H and O–H groups in total. The van der Waals surface area contributed by atoms with Crippen molar-refractivity contribution in [3.8, 4) is 0 Å². The molecule has 0 bridgehead atoms. The first-order valence-electron chi connectivity index (χ1n) is 9.75. The first-order chi connectivity index (χ1) is 14.5. The summed E-state index contributed by atoms with van der Waals surface area (Å²) in [7, 11) is 0. The van der Waals surface area contributed by atoms with Gasteiger partial charge in [0.2, 0.25) is 5.91 Å². The zero-order valence-electron chi connectivity index (χ0n) is 16.7. The van der Waals surface area contributed by atoms with Gasteiger partial charge in [0.25, 0.3) is 0 Å². The van der Waals surface area contributed by atoms with E-state index in [0.29, 0.717) is 22.9 Å². The van der Waals surface area contributed by atoms with Crippen molar-refractivity contribution in [3.63, 3.8) is 0 Å². The van der Waals surface area contributed by atoms with Gasteiger partial charge in [0.15, 0.2) is 5.17 Å². The molecule has 1 fully saturated rings. The van der Waals surface area contributed by atoms with Crippen LogP contribution < -0.4 is 0 Å². The summed E-state index contributed by atoms with van der Waals surface area (Å²) in [5.41, 5.74) is 2.73. The van der Waals surface area contributed by atoms with Crippen LogP contribution in [0.25, 0.3) is 0 Å². The fraction of sp³-hybridized carbons (Fsp3) is 0.261. The molecule has 0 spiro atoms. The Kier molecular flexibility index (Phi) is 6.11. The number of benzene rings is 2. The van der Waals surface area contributed by atoms with Gasteiger partial charge in [0, 0.05) is 4.47 Å². The van der Waals surface area contributed by atoms with E-state index >= 15 is 0 Å². The van der Waals surface area contributed by atoms with Crippen molar-refractivity contribution in [2.75, 3.05) is 0 Å². The molecule has 2 heterocycles. The number of ether oxygens (including phenoxy) is 1. The summed E-state index contributed by atoms with van der Waals surface area (Å²) in [5, 5.41) is 0.458. The predicted octanol–water partition coefficient (Wildman–Crippen LogP) is 5.23. The van der Waals surface area contributed by atoms with Crippen LogP contribution in [0.5, 0.6) is 0 Å². The first-order valence-corrected chi connectivity index (χ1v) is 11.4. The Morgan fingerprint density at radius 3 is 2.67 bits per heavy atom. The smallest absolute Gasteiger partial charge is 0.338 e. The number of rotatable bonds is 5. The molecule has 0 aromatic heterocycles. The number of carbonyl (C=O) groups is 2. The van der Waals surface area contributed by atoms with Crippen LogP contribution in [0.1, 0.15) is 37.4 Å². The fourth-order valence-corrected chi connectivity index (χ4v) is 5.19. The highest BCUT2D eigenvalue weighted by Crippen LogP contribution is 2.44. The number of fused-ring (bicyclic) bond motifs is 1. The number of allylic oxidation sites excluding steroid dienone is 1. The molecule has 30 heavy (non-hydrogen) atoms. The minimum Gasteiger partial charge on any atom is -0.457 e. The third-order valence-corrected chi connectivity index (χ3v) is 6.93. The molecule has 2 aromatic rings. The number of amides is 1. The number of carbonyl (C=O) groups excluding carboxylic acids is 2. The van der Waals surface area contributed by atoms with Crippen molar-refractivity contribution in [3.05, 3.63) is 81.5 Å². The molecule has 4 rings (SSSR count). The van der Waals surface area contributed by atoms with Crippen molar-refractivity contribution in [1.82, 2.24) is 4.90 Å². The van der Waals surface area contributed by atoms with Crippen LogP contribution in [0.2, 0.25) is 0 Å². The topological polar surface area (TPSA) is 59.0 Å². The molecule has 2 atom stereocenters. The summed E-state index contributed by atoms with van der Waals surface area (Å²) >= 11 is 4.97. The van der Waals surface area contributed by atoms with Crippen molar-refractivity contribution >= 4 is 44.7 Å². The molecule has 0 unspecified atom stereocenters. The highest BCUT2D eigenvalue weighted by Gasteiger charge is 2.47. The van der Waals surface area contributed by atoms with Gasteiger partial charge in [-0.2, -0.15) is 0 Å². The Labute approximate surface area is 188 Å². The normalized spacial score (nSPS) is 20.8. The van der Waals surface area contributed by atoms with Crippen LogP contribution in [-0.2, 0) is 20.9 Å². The summed E-state index contributed by atoms with van der Waals surface area (Å²) in [4.78, 5) is 32.6. The highest BCUT2D eigenvalue weighted by molar-refractivity contribution is 9.10. The molecule has 2 aliphatic heterocycles. The van der Waals surface area contributed by atoms with Crippen LogP contribution in [0, 0.1) is 0 Å². The Morgan fingerprint density at radius 2 is 1.97 bits per heavy atom. The van der Waals surface area contributed by atoms with Gasteiger partial charge in [-0.25, -0.2) is 9.79 Å². The van der Waals surface area contributed by atoms with Gasteiger partial charge in [0.1, 0.15) is 6.61 Å². The van der Waals surface area contributed by atoms with E-state index < -0.39 is 12.0 Å². The van der Waals surface area contributed by atoms with Crippen LogP contribution in [0.3, 0.4) is 0 Å². The molecule has 7 heteroatoms. The van der Waals surface area contributed by atoms with Gasteiger partial charge in [0.05, 0.1) is 22.6 Å². The fourth-order valence-electron chi connectivity index (χ4n) is 3.64. The van der Waals surface area contributed by atoms with E-state index in [2.05, 4.69) is 20.9 Å². The second-order valence-corrected chi connectivity index (χ2v) is 9.22. The minimum atomic E-state index is -0.560. The van der Waals surface area contributed by atoms with Crippen molar-refractivity contribution in [2.24, 2.45) is 4.99 Å². The number of hydrogen-bond donors (Lipinski definition) is 0. The Balaban J connectivity index is 1.72. The molecule has 0 saturated carbocycles. The van der Waals surface area contributed by atoms with E-state index in [0.717, 1.165) is 15.6 Å². The second kappa shape index (κ2) is 8.78. The maximum absolute atomic E-state index is 13.2. The lowest BCUT2D eigenvalue weighted by molar-refractivity contribution is -0.141. The molecule has 0 radical (unpaired) electrons. The van der Waals surface area contributed by atoms with Gasteiger partial charge < -0.3 is 4.74 Å². The lowest BCUT2D eigenvalue weighted by Gasteiger charge is -2.33. The van der Waals surface area contributed by atoms with E-state index in [4.69, 9.17) is 4.74 Å². The van der Waals surface area contributed by atoms with E-state index in [1.54, 1.807) is 11.8 Å². The van der Waals surface area contributed by atoms with Crippen LogP contribution in [0.15, 0.2) is 75.3 Å². The quantitative estimate of drug-likeness (QED) is 0.545. The molecule has 1 saturated heterocycles. The Morgan fingerprint density at radius 1 is 1.20 bits per heavy atom. The number of esters is 1. The van der Waals surface area contributed by atoms with Crippen LogP contribution in [-0.4, -0.2) is 27.2 Å². The van der Waals surface area contributed by atoms with Gasteiger partial charge in [-0.15, -0.1) is 0 Å². The maximum atomic E-state index is 13.2. The lowest BCUT2D eigenvalue weighted by atomic mass is 9.94. The molecule has 5 nitrogen and oxygen atoms in total. The third-order valence-electron chi connectivity index (χ3n) is 5.12. The zero-order chi connectivity index (χ0) is 21.3. The number of aliphatic imine (C=N–C) groups is 1. The predicted molar refractivity (Wildman–Crippen MR) is 122 cm³/mol. The van der Waals surface area contributed by atoms with Crippen LogP contribution in [0.4, 0.5) is 0 Å². The summed E-state index contributed by atoms with van der Waals surface area (Å²) in [6.07, 6.45) is 0.705. The average Bonchev–Trinajstić information content (AvgIpc) is 3.06. The van der Waals surface area contributed by atoms with Gasteiger partial charge in [-0.3, -0.25) is 9.69 Å². The monoisotopic (exact) mass is 484 g/mol. The van der Waals surface area contributed by atoms with Gasteiger partial charge in [-0.1, -0.05) is 77.1 Å². The van der Waals surface area contributed by atoms with E-state index in [1.807, 2.05) is 61.5 Å². The maximum Gasteiger partial charge on any atom is 0.338 e. The third kappa shape index (κ3) is 3.96. The van der Waals surface area contributed by atoms with Gasteiger partial charge in [-0.05, 0) is 36.6 Å². The zero-order valence-corrected chi connectivity index (χ0v) is 19.1. The minimum absolute atomic E-state index is 0.0212. The summed E-state index contributed by atoms with van der Waals surface area (Å²) in [6, 6.07) is 16.7. The SMILES string of the molecule is CC[C@H]1SC2=NC(C)=C(C(=O)OCc3ccccc3)[C@H](c3cccc(Br)c3)N2C1=O. The van der Waals surface area contributed by atoms with E-state index in [9.17, 15) is 9.59 Å². The average molecular weight is 485 g/mol. The molecule has 2 aromatic carbocycles. The van der Waals surface area contributed by atoms with E-state index in [1.165, 1.54) is 11.8 Å². The molecule has 154 valence electrons. The summed E-state index contributed by atoms with van der Waals surface area (Å²) in [6.45, 7) is 3.95. The van der Waals surface area contributed by atoms with E-state index in [-0.39, 0.29) is 17.8 Å². The molecule has 0 aliphatic carbocycles. The Hall–Kier alpha value is -2.38. The van der Waals surface area contributed by atoms with Crippen molar-refractivity contribution in [1.29, 1.82) is 0 Å². The highest BCUT2D eigenvalue weighted by atomic mass is 79.9.